The smallest absolute Gasteiger partial charge is 0.269 e. The zero-order valence-electron chi connectivity index (χ0n) is 26.6. The van der Waals surface area contributed by atoms with Crippen molar-refractivity contribution in [3.05, 3.63) is 136 Å². The Labute approximate surface area is 285 Å². The monoisotopic (exact) mass is 677 g/mol. The van der Waals surface area contributed by atoms with Crippen LogP contribution >= 0.6 is 11.8 Å². The fraction of sp³-hybridized carbons (Fsp3) is 0.171. The van der Waals surface area contributed by atoms with Crippen molar-refractivity contribution in [2.75, 3.05) is 20.0 Å². The van der Waals surface area contributed by atoms with E-state index in [2.05, 4.69) is 15.5 Å². The summed E-state index contributed by atoms with van der Waals surface area (Å²) in [6.45, 7) is 0.0212. The van der Waals surface area contributed by atoms with E-state index in [4.69, 9.17) is 14.6 Å². The van der Waals surface area contributed by atoms with Crippen molar-refractivity contribution in [3.8, 4) is 17.2 Å². The third-order valence-corrected chi connectivity index (χ3v) is 8.79. The Bertz CT molecular complexity index is 1980. The molecule has 0 radical (unpaired) electrons. The normalized spacial score (nSPS) is 13.9. The minimum atomic E-state index is -0.525. The first-order valence-electron chi connectivity index (χ1n) is 15.2. The number of nitrogens with one attached hydrogen (secondary N) is 1. The van der Waals surface area contributed by atoms with Crippen molar-refractivity contribution < 1.29 is 24.0 Å². The average Bonchev–Trinajstić information content (AvgIpc) is 3.78. The SMILES string of the molecule is COc1ccc(C2=NN(C(=O)CSc3nnc(CNC(=O)c4ccc([N+](=O)[O-])cc4)n3-c3ccccc3)[C@@H](c3ccc(OC)cc3)C2)cc1. The van der Waals surface area contributed by atoms with Crippen LogP contribution in [0.1, 0.15) is 39.8 Å². The van der Waals surface area contributed by atoms with Crippen LogP contribution < -0.4 is 14.8 Å². The maximum Gasteiger partial charge on any atom is 0.269 e. The number of nitro groups is 1. The van der Waals surface area contributed by atoms with Crippen LogP contribution in [0.5, 0.6) is 11.5 Å². The number of hydrazone groups is 1. The molecule has 2 heterocycles. The largest absolute Gasteiger partial charge is 0.497 e. The standard InChI is InChI=1S/C35H31N7O6S/c1-47-28-16-10-23(11-17-28)30-20-31(24-12-18-29(48-2)19-13-24)41(39-30)33(43)22-49-35-38-37-32(40(35)26-6-4-3-5-7-26)21-36-34(44)25-8-14-27(15-9-25)42(45)46/h3-19,31H,20-22H2,1-2H3,(H,36,44)/t31-/m1/s1. The molecule has 248 valence electrons. The van der Waals surface area contributed by atoms with Gasteiger partial charge in [0.05, 0.1) is 43.2 Å². The first-order chi connectivity index (χ1) is 23.8. The predicted octanol–water partition coefficient (Wildman–Crippen LogP) is 5.59. The minimum Gasteiger partial charge on any atom is -0.497 e. The molecule has 0 aliphatic carbocycles. The summed E-state index contributed by atoms with van der Waals surface area (Å²) in [5.41, 5.74) is 3.50. The molecule has 1 N–H and O–H groups in total. The maximum atomic E-state index is 13.9. The zero-order valence-corrected chi connectivity index (χ0v) is 27.4. The number of benzene rings is 4. The van der Waals surface area contributed by atoms with Gasteiger partial charge in [0.2, 0.25) is 0 Å². The molecular formula is C35H31N7O6S. The lowest BCUT2D eigenvalue weighted by Crippen LogP contribution is -2.28. The number of thioether (sulfide) groups is 1. The van der Waals surface area contributed by atoms with Gasteiger partial charge in [0.1, 0.15) is 11.5 Å². The van der Waals surface area contributed by atoms with Crippen LogP contribution in [0.3, 0.4) is 0 Å². The van der Waals surface area contributed by atoms with Gasteiger partial charge < -0.3 is 14.8 Å². The van der Waals surface area contributed by atoms with Gasteiger partial charge in [-0.25, -0.2) is 5.01 Å². The number of nitrogens with zero attached hydrogens (tertiary/aromatic N) is 6. The van der Waals surface area contributed by atoms with Crippen LogP contribution in [0.2, 0.25) is 0 Å². The molecule has 0 saturated carbocycles. The van der Waals surface area contributed by atoms with Crippen molar-refractivity contribution in [1.29, 1.82) is 0 Å². The number of aromatic nitrogens is 3. The fourth-order valence-electron chi connectivity index (χ4n) is 5.32. The zero-order chi connectivity index (χ0) is 34.3. The lowest BCUT2D eigenvalue weighted by atomic mass is 9.98. The summed E-state index contributed by atoms with van der Waals surface area (Å²) in [5.74, 6) is 1.26. The summed E-state index contributed by atoms with van der Waals surface area (Å²) >= 11 is 1.21. The Morgan fingerprint density at radius 3 is 2.18 bits per heavy atom. The summed E-state index contributed by atoms with van der Waals surface area (Å²) in [6.07, 6.45) is 0.522. The number of carbonyl (C=O) groups excluding carboxylic acids is 2. The molecule has 0 saturated heterocycles. The topological polar surface area (TPSA) is 154 Å². The van der Waals surface area contributed by atoms with Crippen LogP contribution in [0.4, 0.5) is 5.69 Å². The number of rotatable bonds is 12. The quantitative estimate of drug-likeness (QED) is 0.101. The first-order valence-corrected chi connectivity index (χ1v) is 16.2. The van der Waals surface area contributed by atoms with Gasteiger partial charge in [0.15, 0.2) is 11.0 Å². The van der Waals surface area contributed by atoms with Crippen LogP contribution in [0, 0.1) is 10.1 Å². The molecule has 0 bridgehead atoms. The van der Waals surface area contributed by atoms with Gasteiger partial charge in [-0.3, -0.25) is 24.3 Å². The Balaban J connectivity index is 1.22. The van der Waals surface area contributed by atoms with Crippen molar-refractivity contribution in [3.63, 3.8) is 0 Å². The van der Waals surface area contributed by atoms with E-state index in [0.29, 0.717) is 23.2 Å². The molecule has 1 aromatic heterocycles. The average molecular weight is 678 g/mol. The number of non-ortho nitro benzene ring substituents is 1. The van der Waals surface area contributed by atoms with Gasteiger partial charge in [-0.1, -0.05) is 42.1 Å². The van der Waals surface area contributed by atoms with E-state index in [0.717, 1.165) is 28.3 Å². The molecule has 4 aromatic carbocycles. The minimum absolute atomic E-state index is 0.0200. The highest BCUT2D eigenvalue weighted by Gasteiger charge is 2.33. The van der Waals surface area contributed by atoms with E-state index in [1.54, 1.807) is 18.8 Å². The van der Waals surface area contributed by atoms with Gasteiger partial charge in [-0.15, -0.1) is 10.2 Å². The second-order valence-electron chi connectivity index (χ2n) is 10.9. The van der Waals surface area contributed by atoms with E-state index >= 15 is 0 Å². The van der Waals surface area contributed by atoms with Crippen molar-refractivity contribution >= 4 is 35.0 Å². The van der Waals surface area contributed by atoms with E-state index in [-0.39, 0.29) is 35.5 Å². The fourth-order valence-corrected chi connectivity index (χ4v) is 6.14. The molecule has 13 nitrogen and oxygen atoms in total. The molecule has 5 aromatic rings. The third kappa shape index (κ3) is 7.44. The molecule has 6 rings (SSSR count). The highest BCUT2D eigenvalue weighted by molar-refractivity contribution is 7.99. The van der Waals surface area contributed by atoms with Crippen molar-refractivity contribution in [1.82, 2.24) is 25.1 Å². The highest BCUT2D eigenvalue weighted by Crippen LogP contribution is 2.35. The lowest BCUT2D eigenvalue weighted by molar-refractivity contribution is -0.384. The van der Waals surface area contributed by atoms with Gasteiger partial charge in [-0.2, -0.15) is 5.10 Å². The molecule has 1 aliphatic rings. The Morgan fingerprint density at radius 2 is 1.55 bits per heavy atom. The molecule has 49 heavy (non-hydrogen) atoms. The molecular weight excluding hydrogens is 646 g/mol. The summed E-state index contributed by atoms with van der Waals surface area (Å²) in [4.78, 5) is 37.2. The second-order valence-corrected chi connectivity index (χ2v) is 11.8. The summed E-state index contributed by atoms with van der Waals surface area (Å²) in [5, 5.41) is 29.3. The highest BCUT2D eigenvalue weighted by atomic mass is 32.2. The molecule has 1 atom stereocenters. The molecule has 14 heteroatoms. The van der Waals surface area contributed by atoms with Crippen molar-refractivity contribution in [2.45, 2.75) is 24.2 Å². The van der Waals surface area contributed by atoms with Gasteiger partial charge in [0.25, 0.3) is 17.5 Å². The van der Waals surface area contributed by atoms with E-state index in [9.17, 15) is 19.7 Å². The van der Waals surface area contributed by atoms with Crippen LogP contribution in [-0.4, -0.2) is 62.2 Å². The number of nitro benzene ring substituents is 1. The molecule has 0 fully saturated rings. The number of para-hydroxylation sites is 1. The molecule has 1 aliphatic heterocycles. The lowest BCUT2D eigenvalue weighted by Gasteiger charge is -2.22. The predicted molar refractivity (Wildman–Crippen MR) is 183 cm³/mol. The number of carbonyl (C=O) groups is 2. The maximum absolute atomic E-state index is 13.9. The molecule has 2 amide bonds. The summed E-state index contributed by atoms with van der Waals surface area (Å²) in [6, 6.07) is 29.6. The Morgan fingerprint density at radius 1 is 0.898 bits per heavy atom. The number of amides is 2. The number of methoxy groups -OCH3 is 2. The summed E-state index contributed by atoms with van der Waals surface area (Å²) in [7, 11) is 3.22. The second kappa shape index (κ2) is 14.8. The van der Waals surface area contributed by atoms with Crippen LogP contribution in [-0.2, 0) is 11.3 Å². The first kappa shape index (κ1) is 32.9. The van der Waals surface area contributed by atoms with Gasteiger partial charge in [0, 0.05) is 29.8 Å². The summed E-state index contributed by atoms with van der Waals surface area (Å²) < 4.78 is 12.4. The van der Waals surface area contributed by atoms with E-state index in [1.807, 2.05) is 78.9 Å². The number of hydrogen-bond acceptors (Lipinski definition) is 10. The van der Waals surface area contributed by atoms with Crippen LogP contribution in [0.15, 0.2) is 113 Å². The van der Waals surface area contributed by atoms with Crippen LogP contribution in [0.25, 0.3) is 5.69 Å². The molecule has 0 unspecified atom stereocenters. The third-order valence-electron chi connectivity index (χ3n) is 7.88. The number of hydrogen-bond donors (Lipinski definition) is 1. The van der Waals surface area contributed by atoms with E-state index in [1.165, 1.54) is 41.0 Å². The Hall–Kier alpha value is -6.02. The Kier molecular flexibility index (Phi) is 9.95. The van der Waals surface area contributed by atoms with Crippen molar-refractivity contribution in [2.24, 2.45) is 5.10 Å². The molecule has 0 spiro atoms. The van der Waals surface area contributed by atoms with Gasteiger partial charge >= 0.3 is 0 Å². The van der Waals surface area contributed by atoms with Gasteiger partial charge in [-0.05, 0) is 71.8 Å². The van der Waals surface area contributed by atoms with E-state index < -0.39 is 10.8 Å². The number of ether oxygens (including phenoxy) is 2.